The molecule has 0 unspecified atom stereocenters. The molecule has 0 saturated heterocycles. The number of hydrogen-bond acceptors (Lipinski definition) is 2. The van der Waals surface area contributed by atoms with Crippen molar-refractivity contribution in [3.8, 4) is 0 Å². The van der Waals surface area contributed by atoms with Gasteiger partial charge in [0.05, 0.1) is 10.4 Å². The van der Waals surface area contributed by atoms with Gasteiger partial charge in [-0.05, 0) is 44.0 Å². The van der Waals surface area contributed by atoms with E-state index >= 15 is 0 Å². The van der Waals surface area contributed by atoms with Crippen molar-refractivity contribution < 1.29 is 8.42 Å². The Kier molecular flexibility index (Phi) is 4.26. The smallest absolute Gasteiger partial charge is 0.238 e. The van der Waals surface area contributed by atoms with Crippen LogP contribution in [0.5, 0.6) is 0 Å². The molecule has 0 aliphatic carbocycles. The number of para-hydroxylation sites is 1. The van der Waals surface area contributed by atoms with E-state index in [0.717, 1.165) is 41.4 Å². The molecule has 0 atom stereocenters. The Labute approximate surface area is 137 Å². The van der Waals surface area contributed by atoms with Crippen LogP contribution in [0.3, 0.4) is 0 Å². The molecule has 0 N–H and O–H groups in total. The van der Waals surface area contributed by atoms with Gasteiger partial charge in [-0.2, -0.15) is 0 Å². The zero-order valence-corrected chi connectivity index (χ0v) is 14.3. The van der Waals surface area contributed by atoms with Crippen molar-refractivity contribution in [2.75, 3.05) is 0 Å². The number of rotatable bonds is 5. The fourth-order valence-electron chi connectivity index (χ4n) is 2.82. The molecule has 0 bridgehead atoms. The van der Waals surface area contributed by atoms with E-state index < -0.39 is 10.0 Å². The Hall–Kier alpha value is -2.07. The summed E-state index contributed by atoms with van der Waals surface area (Å²) in [5.41, 5.74) is 2.65. The highest BCUT2D eigenvalue weighted by molar-refractivity contribution is 7.90. The van der Waals surface area contributed by atoms with Gasteiger partial charge >= 0.3 is 0 Å². The van der Waals surface area contributed by atoms with Gasteiger partial charge in [0.25, 0.3) is 10.0 Å². The molecule has 0 amide bonds. The first-order valence-corrected chi connectivity index (χ1v) is 9.39. The summed E-state index contributed by atoms with van der Waals surface area (Å²) in [5, 5.41) is 0.967. The second-order valence-electron chi connectivity index (χ2n) is 5.88. The fraction of sp³-hybridized carbons (Fsp3) is 0.263. The number of hydrogen-bond donors (Lipinski definition) is 0. The SMILES string of the molecule is CCCCc1cc2ccccc2n1S(=O)(=O)c1ccc(C)cc1. The number of benzene rings is 2. The Bertz CT molecular complexity index is 922. The van der Waals surface area contributed by atoms with Gasteiger partial charge < -0.3 is 0 Å². The third-order valence-corrected chi connectivity index (χ3v) is 5.86. The fourth-order valence-corrected chi connectivity index (χ4v) is 4.39. The molecule has 1 aromatic heterocycles. The van der Waals surface area contributed by atoms with Crippen LogP contribution in [-0.2, 0) is 16.4 Å². The molecule has 0 fully saturated rings. The largest absolute Gasteiger partial charge is 0.268 e. The minimum absolute atomic E-state index is 0.335. The van der Waals surface area contributed by atoms with Crippen LogP contribution in [0, 0.1) is 6.92 Å². The highest BCUT2D eigenvalue weighted by atomic mass is 32.2. The van der Waals surface area contributed by atoms with Crippen LogP contribution in [0.4, 0.5) is 0 Å². The minimum Gasteiger partial charge on any atom is -0.238 e. The first-order chi connectivity index (χ1) is 11.0. The lowest BCUT2D eigenvalue weighted by Gasteiger charge is -2.12. The highest BCUT2D eigenvalue weighted by Crippen LogP contribution is 2.27. The van der Waals surface area contributed by atoms with E-state index in [9.17, 15) is 8.42 Å². The van der Waals surface area contributed by atoms with Gasteiger partial charge in [0.1, 0.15) is 0 Å². The lowest BCUT2D eigenvalue weighted by atomic mass is 10.2. The van der Waals surface area contributed by atoms with Crippen molar-refractivity contribution in [1.82, 2.24) is 3.97 Å². The summed E-state index contributed by atoms with van der Waals surface area (Å²) in [6.45, 7) is 4.07. The monoisotopic (exact) mass is 327 g/mol. The van der Waals surface area contributed by atoms with E-state index in [1.165, 1.54) is 3.97 Å². The zero-order chi connectivity index (χ0) is 16.4. The van der Waals surface area contributed by atoms with E-state index in [1.807, 2.05) is 49.4 Å². The zero-order valence-electron chi connectivity index (χ0n) is 13.5. The number of nitrogens with zero attached hydrogens (tertiary/aromatic N) is 1. The predicted molar refractivity (Wildman–Crippen MR) is 94.3 cm³/mol. The summed E-state index contributed by atoms with van der Waals surface area (Å²) < 4.78 is 27.9. The Morgan fingerprint density at radius 1 is 1.00 bits per heavy atom. The van der Waals surface area contributed by atoms with Gasteiger partial charge in [-0.3, -0.25) is 0 Å². The number of unbranched alkanes of at least 4 members (excludes halogenated alkanes) is 1. The predicted octanol–water partition coefficient (Wildman–Crippen LogP) is 4.53. The van der Waals surface area contributed by atoms with Crippen molar-refractivity contribution in [1.29, 1.82) is 0 Å². The second-order valence-corrected chi connectivity index (χ2v) is 7.67. The first-order valence-electron chi connectivity index (χ1n) is 7.95. The van der Waals surface area contributed by atoms with Crippen LogP contribution in [0.1, 0.15) is 31.0 Å². The van der Waals surface area contributed by atoms with Gasteiger partial charge in [0.15, 0.2) is 0 Å². The van der Waals surface area contributed by atoms with E-state index in [0.29, 0.717) is 4.90 Å². The molecular formula is C19H21NO2S. The lowest BCUT2D eigenvalue weighted by Crippen LogP contribution is -2.15. The molecule has 23 heavy (non-hydrogen) atoms. The maximum absolute atomic E-state index is 13.2. The average Bonchev–Trinajstić information content (AvgIpc) is 2.92. The number of aromatic nitrogens is 1. The van der Waals surface area contributed by atoms with E-state index in [4.69, 9.17) is 0 Å². The summed E-state index contributed by atoms with van der Waals surface area (Å²) in [7, 11) is -3.58. The van der Waals surface area contributed by atoms with Crippen LogP contribution in [-0.4, -0.2) is 12.4 Å². The first kappa shape index (κ1) is 15.8. The minimum atomic E-state index is -3.58. The summed E-state index contributed by atoms with van der Waals surface area (Å²) in [6, 6.07) is 16.7. The molecule has 0 spiro atoms. The van der Waals surface area contributed by atoms with Crippen LogP contribution < -0.4 is 0 Å². The maximum Gasteiger partial charge on any atom is 0.268 e. The molecule has 3 aromatic rings. The summed E-state index contributed by atoms with van der Waals surface area (Å²) in [6.07, 6.45) is 2.77. The molecule has 3 nitrogen and oxygen atoms in total. The molecule has 0 aliphatic heterocycles. The Balaban J connectivity index is 2.22. The maximum atomic E-state index is 13.2. The van der Waals surface area contributed by atoms with Crippen LogP contribution in [0.25, 0.3) is 10.9 Å². The quantitative estimate of drug-likeness (QED) is 0.690. The molecule has 0 aliphatic rings. The third kappa shape index (κ3) is 2.91. The van der Waals surface area contributed by atoms with Gasteiger partial charge in [0, 0.05) is 11.1 Å². The molecule has 2 aromatic carbocycles. The highest BCUT2D eigenvalue weighted by Gasteiger charge is 2.22. The van der Waals surface area contributed by atoms with Gasteiger partial charge in [0.2, 0.25) is 0 Å². The average molecular weight is 327 g/mol. The van der Waals surface area contributed by atoms with Crippen LogP contribution >= 0.6 is 0 Å². The van der Waals surface area contributed by atoms with Gasteiger partial charge in [-0.25, -0.2) is 12.4 Å². The Morgan fingerprint density at radius 2 is 1.70 bits per heavy atom. The van der Waals surface area contributed by atoms with Gasteiger partial charge in [-0.1, -0.05) is 49.2 Å². The number of fused-ring (bicyclic) bond motifs is 1. The van der Waals surface area contributed by atoms with E-state index in [1.54, 1.807) is 12.1 Å². The normalized spacial score (nSPS) is 11.9. The molecule has 0 radical (unpaired) electrons. The number of aryl methyl sites for hydroxylation is 2. The lowest BCUT2D eigenvalue weighted by molar-refractivity contribution is 0.586. The standard InChI is InChI=1S/C19H21NO2S/c1-3-4-8-17-14-16-7-5-6-9-19(16)20(17)23(21,22)18-12-10-15(2)11-13-18/h5-7,9-14H,3-4,8H2,1-2H3. The summed E-state index contributed by atoms with van der Waals surface area (Å²) >= 11 is 0. The molecule has 1 heterocycles. The molecule has 3 rings (SSSR count). The molecule has 4 heteroatoms. The molecular weight excluding hydrogens is 306 g/mol. The second kappa shape index (κ2) is 6.20. The van der Waals surface area contributed by atoms with Crippen molar-refractivity contribution in [2.45, 2.75) is 38.0 Å². The van der Waals surface area contributed by atoms with Gasteiger partial charge in [-0.15, -0.1) is 0 Å². The summed E-state index contributed by atoms with van der Waals surface area (Å²) in [5.74, 6) is 0. The van der Waals surface area contributed by atoms with E-state index in [2.05, 4.69) is 6.92 Å². The Morgan fingerprint density at radius 3 is 2.39 bits per heavy atom. The van der Waals surface area contributed by atoms with Crippen molar-refractivity contribution in [3.05, 3.63) is 65.9 Å². The van der Waals surface area contributed by atoms with Crippen molar-refractivity contribution in [3.63, 3.8) is 0 Å². The summed E-state index contributed by atoms with van der Waals surface area (Å²) in [4.78, 5) is 0.335. The molecule has 120 valence electrons. The van der Waals surface area contributed by atoms with Crippen LogP contribution in [0.15, 0.2) is 59.5 Å². The van der Waals surface area contributed by atoms with Crippen LogP contribution in [0.2, 0.25) is 0 Å². The van der Waals surface area contributed by atoms with E-state index in [-0.39, 0.29) is 0 Å². The molecule has 0 saturated carbocycles. The van der Waals surface area contributed by atoms with Crippen molar-refractivity contribution >= 4 is 20.9 Å². The topological polar surface area (TPSA) is 39.1 Å². The van der Waals surface area contributed by atoms with Crippen molar-refractivity contribution in [2.24, 2.45) is 0 Å². The third-order valence-electron chi connectivity index (χ3n) is 4.08.